The highest BCUT2D eigenvalue weighted by molar-refractivity contribution is 6.30. The van der Waals surface area contributed by atoms with E-state index in [0.717, 1.165) is 5.56 Å². The Morgan fingerprint density at radius 2 is 2.04 bits per heavy atom. The second kappa shape index (κ2) is 7.36. The van der Waals surface area contributed by atoms with E-state index in [0.29, 0.717) is 34.3 Å². The van der Waals surface area contributed by atoms with Crippen molar-refractivity contribution in [2.24, 2.45) is 0 Å². The predicted molar refractivity (Wildman–Crippen MR) is 105 cm³/mol. The number of aromatic nitrogens is 3. The molecular weight excluding hydrogens is 383 g/mol. The minimum Gasteiger partial charge on any atom is -0.502 e. The van der Waals surface area contributed by atoms with Gasteiger partial charge in [-0.3, -0.25) is 9.38 Å². The molecule has 0 spiro atoms. The van der Waals surface area contributed by atoms with Crippen molar-refractivity contribution >= 4 is 23.1 Å². The molecule has 6 nitrogen and oxygen atoms in total. The standard InChI is InChI=1S/C20H16ClFN4O2/c1-28-16-9-13(8-15(22)19(16)27)18-20(26-7-6-23-11-17(26)25-18)24-10-12-2-4-14(21)5-3-12/h2-9,11,24,27H,10H2,1H3. The van der Waals surface area contributed by atoms with Crippen LogP contribution in [0.4, 0.5) is 10.2 Å². The van der Waals surface area contributed by atoms with Crippen molar-refractivity contribution in [1.29, 1.82) is 0 Å². The highest BCUT2D eigenvalue weighted by Gasteiger charge is 2.18. The molecule has 0 saturated carbocycles. The van der Waals surface area contributed by atoms with Gasteiger partial charge in [0, 0.05) is 29.5 Å². The molecule has 2 N–H and O–H groups in total. The molecule has 0 aliphatic rings. The molecule has 0 aliphatic heterocycles. The number of halogens is 2. The number of phenolic OH excluding ortho intramolecular Hbond substituents is 1. The van der Waals surface area contributed by atoms with Crippen LogP contribution >= 0.6 is 11.6 Å². The van der Waals surface area contributed by atoms with Crippen molar-refractivity contribution in [3.63, 3.8) is 0 Å². The second-order valence-corrected chi connectivity index (χ2v) is 6.54. The number of ether oxygens (including phenoxy) is 1. The minimum atomic E-state index is -0.784. The predicted octanol–water partition coefficient (Wildman–Crippen LogP) is 4.52. The Labute approximate surface area is 165 Å². The van der Waals surface area contributed by atoms with Crippen molar-refractivity contribution in [1.82, 2.24) is 14.4 Å². The van der Waals surface area contributed by atoms with Gasteiger partial charge in [0.05, 0.1) is 13.3 Å². The molecule has 8 heteroatoms. The van der Waals surface area contributed by atoms with Crippen molar-refractivity contribution in [2.75, 3.05) is 12.4 Å². The largest absolute Gasteiger partial charge is 0.502 e. The molecule has 2 aromatic heterocycles. The maximum Gasteiger partial charge on any atom is 0.194 e. The number of fused-ring (bicyclic) bond motifs is 1. The normalized spacial score (nSPS) is 11.0. The molecule has 0 saturated heterocycles. The summed E-state index contributed by atoms with van der Waals surface area (Å²) in [5.74, 6) is -0.617. The van der Waals surface area contributed by atoms with Gasteiger partial charge in [-0.2, -0.15) is 0 Å². The first-order valence-corrected chi connectivity index (χ1v) is 8.82. The number of phenols is 1. The molecule has 4 aromatic rings. The molecule has 0 aliphatic carbocycles. The van der Waals surface area contributed by atoms with Crippen LogP contribution in [0.25, 0.3) is 16.9 Å². The number of nitrogens with zero attached hydrogens (tertiary/aromatic N) is 3. The zero-order chi connectivity index (χ0) is 19.7. The van der Waals surface area contributed by atoms with E-state index in [1.165, 1.54) is 13.2 Å². The number of imidazole rings is 1. The Bertz CT molecular complexity index is 1150. The molecule has 2 aromatic carbocycles. The summed E-state index contributed by atoms with van der Waals surface area (Å²) in [5, 5.41) is 13.8. The van der Waals surface area contributed by atoms with Gasteiger partial charge in [0.1, 0.15) is 11.5 Å². The van der Waals surface area contributed by atoms with Crippen LogP contribution in [0.3, 0.4) is 0 Å². The molecule has 0 bridgehead atoms. The van der Waals surface area contributed by atoms with E-state index in [9.17, 15) is 9.50 Å². The number of benzene rings is 2. The van der Waals surface area contributed by atoms with Crippen LogP contribution in [0, 0.1) is 5.82 Å². The molecular formula is C20H16ClFN4O2. The molecule has 2 heterocycles. The lowest BCUT2D eigenvalue weighted by molar-refractivity contribution is 0.357. The Kier molecular flexibility index (Phi) is 4.75. The Morgan fingerprint density at radius 1 is 1.25 bits per heavy atom. The van der Waals surface area contributed by atoms with Crippen molar-refractivity contribution in [3.8, 4) is 22.8 Å². The maximum atomic E-state index is 14.2. The van der Waals surface area contributed by atoms with E-state index in [-0.39, 0.29) is 5.75 Å². The Hall–Kier alpha value is -3.32. The SMILES string of the molecule is COc1cc(-c2nc3cnccn3c2NCc2ccc(Cl)cc2)cc(F)c1O. The first-order valence-electron chi connectivity index (χ1n) is 8.44. The number of rotatable bonds is 5. The average molecular weight is 399 g/mol. The van der Waals surface area contributed by atoms with Gasteiger partial charge in [-0.15, -0.1) is 0 Å². The van der Waals surface area contributed by atoms with Crippen LogP contribution in [-0.4, -0.2) is 26.6 Å². The number of hydrogen-bond donors (Lipinski definition) is 2. The van der Waals surface area contributed by atoms with Crippen LogP contribution in [0.15, 0.2) is 55.0 Å². The van der Waals surface area contributed by atoms with Crippen LogP contribution in [0.5, 0.6) is 11.5 Å². The lowest BCUT2D eigenvalue weighted by atomic mass is 10.1. The number of nitrogens with one attached hydrogen (secondary N) is 1. The van der Waals surface area contributed by atoms with E-state index in [2.05, 4.69) is 15.3 Å². The summed E-state index contributed by atoms with van der Waals surface area (Å²) >= 11 is 5.94. The summed E-state index contributed by atoms with van der Waals surface area (Å²) in [4.78, 5) is 8.66. The van der Waals surface area contributed by atoms with Crippen LogP contribution in [-0.2, 0) is 6.54 Å². The van der Waals surface area contributed by atoms with Crippen LogP contribution in [0.2, 0.25) is 5.02 Å². The van der Waals surface area contributed by atoms with Crippen LogP contribution in [0.1, 0.15) is 5.56 Å². The average Bonchev–Trinajstić information content (AvgIpc) is 3.08. The number of anilines is 1. The fraction of sp³-hybridized carbons (Fsp3) is 0.100. The third-order valence-corrected chi connectivity index (χ3v) is 4.58. The number of hydrogen-bond acceptors (Lipinski definition) is 5. The minimum absolute atomic E-state index is 0.0360. The van der Waals surface area contributed by atoms with Crippen LogP contribution < -0.4 is 10.1 Å². The van der Waals surface area contributed by atoms with E-state index in [1.807, 2.05) is 28.7 Å². The fourth-order valence-corrected chi connectivity index (χ4v) is 3.06. The summed E-state index contributed by atoms with van der Waals surface area (Å²) in [7, 11) is 1.37. The van der Waals surface area contributed by atoms with Gasteiger partial charge in [-0.1, -0.05) is 23.7 Å². The van der Waals surface area contributed by atoms with Gasteiger partial charge in [-0.25, -0.2) is 9.37 Å². The van der Waals surface area contributed by atoms with Gasteiger partial charge < -0.3 is 15.2 Å². The smallest absolute Gasteiger partial charge is 0.194 e. The number of aromatic hydroxyl groups is 1. The first kappa shape index (κ1) is 18.1. The van der Waals surface area contributed by atoms with E-state index < -0.39 is 11.6 Å². The van der Waals surface area contributed by atoms with Gasteiger partial charge in [0.25, 0.3) is 0 Å². The highest BCUT2D eigenvalue weighted by Crippen LogP contribution is 2.37. The van der Waals surface area contributed by atoms with Gasteiger partial charge in [0.2, 0.25) is 0 Å². The second-order valence-electron chi connectivity index (χ2n) is 6.10. The zero-order valence-corrected chi connectivity index (χ0v) is 15.6. The molecule has 142 valence electrons. The topological polar surface area (TPSA) is 71.7 Å². The Balaban J connectivity index is 1.79. The summed E-state index contributed by atoms with van der Waals surface area (Å²) in [5.41, 5.74) is 2.60. The van der Waals surface area contributed by atoms with Gasteiger partial charge in [-0.05, 0) is 29.8 Å². The number of methoxy groups -OCH3 is 1. The third-order valence-electron chi connectivity index (χ3n) is 4.33. The first-order chi connectivity index (χ1) is 13.6. The fourth-order valence-electron chi connectivity index (χ4n) is 2.93. The quantitative estimate of drug-likeness (QED) is 0.517. The molecule has 28 heavy (non-hydrogen) atoms. The summed E-state index contributed by atoms with van der Waals surface area (Å²) in [6, 6.07) is 10.2. The van der Waals surface area contributed by atoms with E-state index in [1.54, 1.807) is 24.7 Å². The van der Waals surface area contributed by atoms with E-state index in [4.69, 9.17) is 16.3 Å². The third kappa shape index (κ3) is 3.32. The lowest BCUT2D eigenvalue weighted by Gasteiger charge is -2.11. The van der Waals surface area contributed by atoms with E-state index >= 15 is 0 Å². The molecule has 0 atom stereocenters. The Morgan fingerprint density at radius 3 is 2.79 bits per heavy atom. The highest BCUT2D eigenvalue weighted by atomic mass is 35.5. The molecule has 0 unspecified atom stereocenters. The summed E-state index contributed by atoms with van der Waals surface area (Å²) < 4.78 is 21.1. The van der Waals surface area contributed by atoms with Crippen molar-refractivity contribution < 1.29 is 14.2 Å². The summed E-state index contributed by atoms with van der Waals surface area (Å²) in [6.45, 7) is 0.512. The maximum absolute atomic E-state index is 14.2. The van der Waals surface area contributed by atoms with Crippen molar-refractivity contribution in [2.45, 2.75) is 6.54 Å². The van der Waals surface area contributed by atoms with Gasteiger partial charge in [0.15, 0.2) is 23.0 Å². The molecule has 4 rings (SSSR count). The molecule has 0 amide bonds. The summed E-state index contributed by atoms with van der Waals surface area (Å²) in [6.07, 6.45) is 5.03. The van der Waals surface area contributed by atoms with Crippen molar-refractivity contribution in [3.05, 3.63) is 71.4 Å². The lowest BCUT2D eigenvalue weighted by Crippen LogP contribution is -2.03. The zero-order valence-electron chi connectivity index (χ0n) is 14.9. The molecule has 0 radical (unpaired) electrons. The van der Waals surface area contributed by atoms with Gasteiger partial charge >= 0.3 is 0 Å². The molecule has 0 fully saturated rings. The monoisotopic (exact) mass is 398 g/mol.